The van der Waals surface area contributed by atoms with Crippen LogP contribution < -0.4 is 0 Å². The van der Waals surface area contributed by atoms with E-state index in [2.05, 4.69) is 0 Å². The fourth-order valence-corrected chi connectivity index (χ4v) is 0. The van der Waals surface area contributed by atoms with E-state index < -0.39 is 0 Å². The Labute approximate surface area is 86.3 Å². The smallest absolute Gasteiger partial charge is 0.870 e. The van der Waals surface area contributed by atoms with E-state index in [1.165, 1.54) is 0 Å². The van der Waals surface area contributed by atoms with Crippen LogP contribution in [0.4, 0.5) is 0 Å². The van der Waals surface area contributed by atoms with E-state index >= 15 is 0 Å². The first-order chi connectivity index (χ1) is 0. The molecule has 0 atom stereocenters. The summed E-state index contributed by atoms with van der Waals surface area (Å²) in [6.45, 7) is 0. The molecule has 7 nitrogen and oxygen atoms in total. The Bertz CT molecular complexity index is 4.35. The number of hydrogen-bond acceptors (Lipinski definition) is 2. The Hall–Kier alpha value is 1.29. The van der Waals surface area contributed by atoms with Crippen molar-refractivity contribution in [3.05, 3.63) is 0 Å². The summed E-state index contributed by atoms with van der Waals surface area (Å²) >= 11 is 0. The number of hydrogen-bond donors (Lipinski definition) is 0. The van der Waals surface area contributed by atoms with Crippen molar-refractivity contribution in [1.82, 2.24) is 0 Å². The predicted octanol–water partition coefficient (Wildman–Crippen LogP) is -4.86. The van der Waals surface area contributed by atoms with Crippen LogP contribution in [0.5, 0.6) is 0 Å². The first-order valence-corrected chi connectivity index (χ1v) is 0. The summed E-state index contributed by atoms with van der Waals surface area (Å²) in [7, 11) is 0. The summed E-state index contributed by atoms with van der Waals surface area (Å²) < 4.78 is 0. The van der Waals surface area contributed by atoms with Gasteiger partial charge in [-0.2, -0.15) is 0 Å². The Morgan fingerprint density at radius 2 is 0.375 bits per heavy atom. The zero-order chi connectivity index (χ0) is 0. The molecular weight excluding hydrogens is 249 g/mol. The molecule has 0 saturated heterocycles. The van der Waals surface area contributed by atoms with E-state index in [1.54, 1.807) is 0 Å². The Morgan fingerprint density at radius 3 is 0.375 bits per heavy atom. The average Bonchev–Trinajstić information content (AvgIpc) is 0. The van der Waals surface area contributed by atoms with Gasteiger partial charge in [-0.15, -0.1) is 0 Å². The third-order valence-electron chi connectivity index (χ3n) is 0. The second-order valence-corrected chi connectivity index (χ2v) is 0. The zero-order valence-corrected chi connectivity index (χ0v) is 8.54. The largest absolute Gasteiger partial charge is 2.00 e. The maximum atomic E-state index is 0. The molecule has 8 heteroatoms. The van der Waals surface area contributed by atoms with E-state index in [9.17, 15) is 0 Å². The van der Waals surface area contributed by atoms with Crippen LogP contribution in [0.3, 0.4) is 0 Å². The molecular formula is H12BaO7. The Balaban J connectivity index is 0. The van der Waals surface area contributed by atoms with E-state index in [0.717, 1.165) is 0 Å². The summed E-state index contributed by atoms with van der Waals surface area (Å²) in [6.07, 6.45) is 0. The van der Waals surface area contributed by atoms with Crippen LogP contribution in [0, 0.1) is 0 Å². The molecule has 0 heterocycles. The van der Waals surface area contributed by atoms with E-state index in [1.807, 2.05) is 0 Å². The SMILES string of the molecule is O.O.O.O.O.[Ba+2].[OH-].[OH-]. The molecule has 0 bridgehead atoms. The molecule has 0 aromatic carbocycles. The molecule has 0 radical (unpaired) electrons. The normalized spacial score (nSPS) is 0. The molecule has 0 aromatic heterocycles. The first-order valence-electron chi connectivity index (χ1n) is 0. The van der Waals surface area contributed by atoms with Gasteiger partial charge in [0.1, 0.15) is 0 Å². The monoisotopic (exact) mass is 262 g/mol. The van der Waals surface area contributed by atoms with Crippen molar-refractivity contribution in [1.29, 1.82) is 0 Å². The minimum Gasteiger partial charge on any atom is -0.870 e. The van der Waals surface area contributed by atoms with Crippen LogP contribution in [-0.4, -0.2) is 87.2 Å². The van der Waals surface area contributed by atoms with Crippen molar-refractivity contribution in [3.63, 3.8) is 0 Å². The van der Waals surface area contributed by atoms with Crippen molar-refractivity contribution in [2.45, 2.75) is 0 Å². The fourth-order valence-electron chi connectivity index (χ4n) is 0. The number of rotatable bonds is 0. The molecule has 0 unspecified atom stereocenters. The van der Waals surface area contributed by atoms with Crippen LogP contribution in [0.2, 0.25) is 0 Å². The van der Waals surface area contributed by atoms with E-state index in [4.69, 9.17) is 0 Å². The van der Waals surface area contributed by atoms with Gasteiger partial charge in [0.2, 0.25) is 0 Å². The average molecular weight is 261 g/mol. The summed E-state index contributed by atoms with van der Waals surface area (Å²) in [5.41, 5.74) is 0. The third-order valence-corrected chi connectivity index (χ3v) is 0. The third kappa shape index (κ3) is 173. The van der Waals surface area contributed by atoms with Gasteiger partial charge in [-0.25, -0.2) is 0 Å². The topological polar surface area (TPSA) is 218 Å². The summed E-state index contributed by atoms with van der Waals surface area (Å²) in [6, 6.07) is 0. The Kier molecular flexibility index (Phi) is 12700. The van der Waals surface area contributed by atoms with Gasteiger partial charge < -0.3 is 38.3 Å². The standard InChI is InChI=1S/Ba.7H2O/h;7*1H2/q+2;;;;;;;/p-2. The molecule has 0 aromatic rings. The minimum absolute atomic E-state index is 0. The maximum Gasteiger partial charge on any atom is 2.00 e. The molecule has 0 amide bonds. The Morgan fingerprint density at radius 1 is 0.375 bits per heavy atom. The molecule has 0 fully saturated rings. The molecule has 0 aliphatic carbocycles. The van der Waals surface area contributed by atoms with Gasteiger partial charge >= 0.3 is 48.9 Å². The maximum absolute atomic E-state index is 0. The minimum atomic E-state index is 0. The predicted molar refractivity (Wildman–Crippen MR) is 27.7 cm³/mol. The molecule has 0 spiro atoms. The van der Waals surface area contributed by atoms with Gasteiger partial charge in [0.25, 0.3) is 0 Å². The quantitative estimate of drug-likeness (QED) is 0.391. The van der Waals surface area contributed by atoms with Crippen LogP contribution in [0.25, 0.3) is 0 Å². The van der Waals surface area contributed by atoms with Crippen molar-refractivity contribution in [2.24, 2.45) is 0 Å². The van der Waals surface area contributed by atoms with Crippen molar-refractivity contribution in [2.75, 3.05) is 0 Å². The zero-order valence-electron chi connectivity index (χ0n) is 4.10. The second kappa shape index (κ2) is 264. The van der Waals surface area contributed by atoms with Gasteiger partial charge in [-0.05, 0) is 0 Å². The molecule has 56 valence electrons. The van der Waals surface area contributed by atoms with Crippen LogP contribution in [0.1, 0.15) is 0 Å². The van der Waals surface area contributed by atoms with Crippen LogP contribution >= 0.6 is 0 Å². The summed E-state index contributed by atoms with van der Waals surface area (Å²) in [5.74, 6) is 0. The molecule has 0 aliphatic rings. The van der Waals surface area contributed by atoms with Gasteiger partial charge in [-0.3, -0.25) is 0 Å². The summed E-state index contributed by atoms with van der Waals surface area (Å²) in [4.78, 5) is 0. The van der Waals surface area contributed by atoms with Gasteiger partial charge in [0.15, 0.2) is 0 Å². The van der Waals surface area contributed by atoms with Crippen molar-refractivity contribution in [3.8, 4) is 0 Å². The van der Waals surface area contributed by atoms with Crippen LogP contribution in [0.15, 0.2) is 0 Å². The first kappa shape index (κ1) is 383. The van der Waals surface area contributed by atoms with Gasteiger partial charge in [0, 0.05) is 0 Å². The van der Waals surface area contributed by atoms with Crippen LogP contribution in [-0.2, 0) is 0 Å². The molecule has 12 N–H and O–H groups in total. The van der Waals surface area contributed by atoms with Gasteiger partial charge in [0.05, 0.1) is 0 Å². The van der Waals surface area contributed by atoms with Gasteiger partial charge in [-0.1, -0.05) is 0 Å². The van der Waals surface area contributed by atoms with Crippen molar-refractivity contribution < 1.29 is 38.3 Å². The summed E-state index contributed by atoms with van der Waals surface area (Å²) in [5, 5.41) is 0. The molecule has 0 saturated carbocycles. The van der Waals surface area contributed by atoms with E-state index in [0.29, 0.717) is 0 Å². The molecule has 8 heavy (non-hydrogen) atoms. The van der Waals surface area contributed by atoms with Crippen molar-refractivity contribution >= 4 is 48.9 Å². The molecule has 0 rings (SSSR count). The second-order valence-electron chi connectivity index (χ2n) is 0. The molecule has 0 aliphatic heterocycles. The van der Waals surface area contributed by atoms with E-state index in [-0.39, 0.29) is 87.2 Å². The fraction of sp³-hybridized carbons (Fsp3) is 0.